The molecule has 1 unspecified atom stereocenters. The quantitative estimate of drug-likeness (QED) is 0.615. The molecule has 0 aliphatic carbocycles. The molecule has 2 saturated heterocycles. The van der Waals surface area contributed by atoms with Crippen LogP contribution in [0.3, 0.4) is 0 Å². The smallest absolute Gasteiger partial charge is 0.216 e. The molecule has 1 aromatic carbocycles. The highest BCUT2D eigenvalue weighted by Crippen LogP contribution is 2.30. The van der Waals surface area contributed by atoms with E-state index in [0.717, 1.165) is 11.0 Å². The highest BCUT2D eigenvalue weighted by Gasteiger charge is 2.46. The minimum atomic E-state index is -1.36. The fraction of sp³-hybridized carbons (Fsp3) is 0.429. The number of para-hydroxylation sites is 2. The van der Waals surface area contributed by atoms with E-state index in [1.165, 1.54) is 0 Å². The molecule has 0 saturated carbocycles. The summed E-state index contributed by atoms with van der Waals surface area (Å²) in [4.78, 5) is 11.8. The van der Waals surface area contributed by atoms with Gasteiger partial charge in [0.15, 0.2) is 10.9 Å². The van der Waals surface area contributed by atoms with Crippen molar-refractivity contribution in [3.63, 3.8) is 0 Å². The van der Waals surface area contributed by atoms with Crippen LogP contribution in [0.25, 0.3) is 11.0 Å². The van der Waals surface area contributed by atoms with Crippen molar-refractivity contribution >= 4 is 21.8 Å². The number of aromatic amines is 1. The van der Waals surface area contributed by atoms with E-state index in [2.05, 4.69) is 15.0 Å². The number of aromatic nitrogens is 3. The van der Waals surface area contributed by atoms with E-state index in [9.17, 15) is 4.21 Å². The maximum Gasteiger partial charge on any atom is 0.216 e. The Bertz CT molecular complexity index is 1050. The number of hydrogen-bond acceptors (Lipinski definition) is 8. The molecule has 2 fully saturated rings. The number of nitrogens with zero attached hydrogens (tertiary/aromatic N) is 2. The second-order valence-electron chi connectivity index (χ2n) is 7.64. The summed E-state index contributed by atoms with van der Waals surface area (Å²) in [5.74, 6) is -0.905. The average molecular weight is 445 g/mol. The van der Waals surface area contributed by atoms with Crippen LogP contribution < -0.4 is 4.74 Å². The Hall–Kier alpha value is -2.37. The predicted octanol–water partition coefficient (Wildman–Crippen LogP) is 2.15. The number of benzene rings is 1. The number of fused-ring (bicyclic) bond motifs is 1. The molecule has 5 rings (SSSR count). The molecule has 2 aliphatic rings. The minimum absolute atomic E-state index is 0.180. The van der Waals surface area contributed by atoms with Crippen LogP contribution in [-0.2, 0) is 35.5 Å². The molecule has 0 radical (unpaired) electrons. The topological polar surface area (TPSA) is 105 Å². The number of nitrogens with one attached hydrogen (secondary N) is 1. The monoisotopic (exact) mass is 445 g/mol. The lowest BCUT2D eigenvalue weighted by atomic mass is 10.2. The van der Waals surface area contributed by atoms with Crippen LogP contribution in [0.1, 0.15) is 12.6 Å². The van der Waals surface area contributed by atoms with Crippen molar-refractivity contribution in [2.75, 3.05) is 33.0 Å². The number of H-pyrrole nitrogens is 1. The fourth-order valence-corrected chi connectivity index (χ4v) is 4.42. The molecule has 2 aromatic heterocycles. The van der Waals surface area contributed by atoms with Gasteiger partial charge in [-0.15, -0.1) is 0 Å². The van der Waals surface area contributed by atoms with Crippen LogP contribution in [0.5, 0.6) is 5.75 Å². The Morgan fingerprint density at radius 1 is 1.13 bits per heavy atom. The summed E-state index contributed by atoms with van der Waals surface area (Å²) in [5.41, 5.74) is 2.28. The molecule has 0 bridgehead atoms. The standard InChI is InChI=1S/C21H23N3O6S/c1-20(29-13-21(14-30-20)27-8-9-28-21)12-26-16-6-7-22-15(10-16)11-31(25)19-23-17-4-2-3-5-18(17)24-19/h2-7,10H,8-9,11-14H2,1H3,(H,23,24). The van der Waals surface area contributed by atoms with Crippen molar-refractivity contribution in [3.8, 4) is 5.75 Å². The van der Waals surface area contributed by atoms with Gasteiger partial charge in [-0.2, -0.15) is 0 Å². The summed E-state index contributed by atoms with van der Waals surface area (Å²) in [6, 6.07) is 11.1. The van der Waals surface area contributed by atoms with Crippen LogP contribution in [0.4, 0.5) is 0 Å². The molecular formula is C21H23N3O6S. The van der Waals surface area contributed by atoms with Gasteiger partial charge in [-0.1, -0.05) is 12.1 Å². The van der Waals surface area contributed by atoms with Crippen LogP contribution in [0, 0.1) is 0 Å². The molecule has 164 valence electrons. The number of ether oxygens (including phenoxy) is 5. The second-order valence-corrected chi connectivity index (χ2v) is 9.01. The van der Waals surface area contributed by atoms with Crippen molar-refractivity contribution in [2.24, 2.45) is 0 Å². The van der Waals surface area contributed by atoms with Gasteiger partial charge in [0.1, 0.15) is 25.6 Å². The summed E-state index contributed by atoms with van der Waals surface area (Å²) in [6.45, 7) is 3.63. The summed E-state index contributed by atoms with van der Waals surface area (Å²) >= 11 is 0. The van der Waals surface area contributed by atoms with Crippen LogP contribution in [0.2, 0.25) is 0 Å². The Balaban J connectivity index is 1.19. The molecule has 1 N–H and O–H groups in total. The lowest BCUT2D eigenvalue weighted by molar-refractivity contribution is -0.360. The van der Waals surface area contributed by atoms with Gasteiger partial charge in [-0.3, -0.25) is 9.19 Å². The lowest BCUT2D eigenvalue weighted by Crippen LogP contribution is -2.55. The van der Waals surface area contributed by atoms with Gasteiger partial charge >= 0.3 is 0 Å². The molecule has 3 aromatic rings. The van der Waals surface area contributed by atoms with Gasteiger partial charge in [-0.05, 0) is 25.1 Å². The number of imidazole rings is 1. The van der Waals surface area contributed by atoms with Crippen molar-refractivity contribution in [1.82, 2.24) is 15.0 Å². The van der Waals surface area contributed by atoms with Crippen LogP contribution in [0.15, 0.2) is 47.8 Å². The first-order chi connectivity index (χ1) is 15.0. The van der Waals surface area contributed by atoms with Gasteiger partial charge in [-0.25, -0.2) is 4.98 Å². The van der Waals surface area contributed by atoms with Crippen molar-refractivity contribution in [1.29, 1.82) is 0 Å². The Kier molecular flexibility index (Phi) is 5.49. The predicted molar refractivity (Wildman–Crippen MR) is 111 cm³/mol. The maximum atomic E-state index is 12.7. The molecule has 1 spiro atoms. The molecule has 31 heavy (non-hydrogen) atoms. The van der Waals surface area contributed by atoms with E-state index >= 15 is 0 Å². The molecule has 10 heteroatoms. The first-order valence-electron chi connectivity index (χ1n) is 9.99. The Morgan fingerprint density at radius 3 is 2.68 bits per heavy atom. The minimum Gasteiger partial charge on any atom is -0.488 e. The number of pyridine rings is 1. The van der Waals surface area contributed by atoms with Gasteiger partial charge in [0.05, 0.1) is 46.5 Å². The molecule has 2 aliphatic heterocycles. The highest BCUT2D eigenvalue weighted by atomic mass is 32.2. The first-order valence-corrected chi connectivity index (χ1v) is 11.3. The normalized spacial score (nSPS) is 20.8. The third kappa shape index (κ3) is 4.48. The maximum absolute atomic E-state index is 12.7. The van der Waals surface area contributed by atoms with Crippen LogP contribution in [-0.4, -0.2) is 63.8 Å². The van der Waals surface area contributed by atoms with E-state index in [0.29, 0.717) is 29.8 Å². The van der Waals surface area contributed by atoms with Gasteiger partial charge < -0.3 is 28.7 Å². The highest BCUT2D eigenvalue weighted by molar-refractivity contribution is 7.84. The van der Waals surface area contributed by atoms with Gasteiger partial charge in [0.2, 0.25) is 5.79 Å². The van der Waals surface area contributed by atoms with Crippen LogP contribution >= 0.6 is 0 Å². The Morgan fingerprint density at radius 2 is 1.90 bits per heavy atom. The van der Waals surface area contributed by atoms with E-state index in [4.69, 9.17) is 23.7 Å². The SMILES string of the molecule is CC1(COc2ccnc(CS(=O)c3nc4ccccc4[nH]3)c2)OCC2(CO1)OCCO2. The third-order valence-corrected chi connectivity index (χ3v) is 6.34. The molecule has 0 amide bonds. The zero-order chi connectivity index (χ0) is 21.3. The van der Waals surface area contributed by atoms with Crippen molar-refractivity contribution < 1.29 is 27.9 Å². The third-order valence-electron chi connectivity index (χ3n) is 5.16. The van der Waals surface area contributed by atoms with Crippen molar-refractivity contribution in [2.45, 2.75) is 29.4 Å². The zero-order valence-corrected chi connectivity index (χ0v) is 17.9. The largest absolute Gasteiger partial charge is 0.488 e. The first kappa shape index (κ1) is 20.5. The summed E-state index contributed by atoms with van der Waals surface area (Å²) in [5, 5.41) is 0.427. The van der Waals surface area contributed by atoms with E-state index in [1.807, 2.05) is 31.2 Å². The summed E-state index contributed by atoms with van der Waals surface area (Å²) < 4.78 is 41.5. The van der Waals surface area contributed by atoms with E-state index < -0.39 is 22.4 Å². The van der Waals surface area contributed by atoms with Crippen molar-refractivity contribution in [3.05, 3.63) is 48.3 Å². The lowest BCUT2D eigenvalue weighted by Gasteiger charge is -2.41. The molecule has 1 atom stereocenters. The average Bonchev–Trinajstić information content (AvgIpc) is 3.43. The summed E-state index contributed by atoms with van der Waals surface area (Å²) in [7, 11) is -1.36. The molecular weight excluding hydrogens is 422 g/mol. The van der Waals surface area contributed by atoms with E-state index in [1.54, 1.807) is 18.3 Å². The Labute approximate surface area is 181 Å². The number of hydrogen-bond donors (Lipinski definition) is 1. The second kappa shape index (κ2) is 8.29. The van der Waals surface area contributed by atoms with Gasteiger partial charge in [0, 0.05) is 12.3 Å². The molecule has 9 nitrogen and oxygen atoms in total. The van der Waals surface area contributed by atoms with E-state index in [-0.39, 0.29) is 25.6 Å². The zero-order valence-electron chi connectivity index (χ0n) is 17.0. The molecule has 4 heterocycles. The summed E-state index contributed by atoms with van der Waals surface area (Å²) in [6.07, 6.45) is 1.63. The van der Waals surface area contributed by atoms with Gasteiger partial charge in [0.25, 0.3) is 0 Å². The number of rotatable bonds is 6. The fourth-order valence-electron chi connectivity index (χ4n) is 3.43.